The molecule has 0 unspecified atom stereocenters. The average molecular weight is 638 g/mol. The molecule has 2 fully saturated rings. The molecule has 5 atom stereocenters. The first-order chi connectivity index (χ1) is 21.5. The molecule has 256 valence electrons. The number of carbonyl (C=O) groups excluding carboxylic acids is 4. The van der Waals surface area contributed by atoms with E-state index in [4.69, 9.17) is 0 Å². The smallest absolute Gasteiger partial charge is 0.249 e. The topological polar surface area (TPSA) is 102 Å². The van der Waals surface area contributed by atoms with Crippen LogP contribution in [-0.2, 0) is 19.2 Å². The summed E-state index contributed by atoms with van der Waals surface area (Å²) in [4.78, 5) is 60.4. The molecule has 0 aliphatic carbocycles. The fraction of sp³-hybridized carbons (Fsp3) is 0.676. The molecule has 0 radical (unpaired) electrons. The second-order valence-electron chi connectivity index (χ2n) is 15.0. The lowest BCUT2D eigenvalue weighted by Crippen LogP contribution is -2.60. The van der Waals surface area contributed by atoms with E-state index in [1.54, 1.807) is 23.8 Å². The van der Waals surface area contributed by atoms with E-state index < -0.39 is 17.5 Å². The fourth-order valence-electron chi connectivity index (χ4n) is 6.81. The van der Waals surface area contributed by atoms with Gasteiger partial charge in [-0.2, -0.15) is 0 Å². The molecule has 1 aromatic rings. The number of nitrogens with one attached hydrogen (secondary N) is 2. The van der Waals surface area contributed by atoms with Crippen LogP contribution in [0, 0.1) is 11.3 Å². The van der Waals surface area contributed by atoms with Crippen molar-refractivity contribution in [3.8, 4) is 0 Å². The van der Waals surface area contributed by atoms with Gasteiger partial charge in [-0.15, -0.1) is 0 Å². The number of nitrogens with zero attached hydrogens (tertiary/aromatic N) is 3. The number of carbonyl (C=O) groups is 4. The minimum absolute atomic E-state index is 0.00666. The van der Waals surface area contributed by atoms with Gasteiger partial charge in [0.25, 0.3) is 0 Å². The van der Waals surface area contributed by atoms with E-state index in [2.05, 4.69) is 29.4 Å². The van der Waals surface area contributed by atoms with Gasteiger partial charge >= 0.3 is 0 Å². The molecule has 3 rings (SSSR count). The van der Waals surface area contributed by atoms with E-state index in [-0.39, 0.29) is 53.7 Å². The number of piperidine rings is 1. The second kappa shape index (κ2) is 16.1. The number of benzene rings is 1. The standard InChI is InChI=1S/C37H59N5O4/c1-24(2)31(40(10)36(46)32(37(7,8)9)39-34(44)29-19-14-15-21-41(29)25(3)4)23-26(5)35(45)42-22-16-20-30(42)33(43)38-27(6)28-17-12-11-13-18-28/h11-13,17-18,23-25,27,29-32H,14-16,19-22H2,1-10H3,(H,38,43)(H,39,44)/b26-23+/t27-,29+,30-,31+,32+/m0/s1. The lowest BCUT2D eigenvalue weighted by Gasteiger charge is -2.41. The van der Waals surface area contributed by atoms with Crippen LogP contribution in [0.25, 0.3) is 0 Å². The van der Waals surface area contributed by atoms with Crippen molar-refractivity contribution in [1.29, 1.82) is 0 Å². The molecular weight excluding hydrogens is 578 g/mol. The fourth-order valence-corrected chi connectivity index (χ4v) is 6.81. The van der Waals surface area contributed by atoms with Gasteiger partial charge in [0.1, 0.15) is 12.1 Å². The van der Waals surface area contributed by atoms with Gasteiger partial charge in [0, 0.05) is 25.2 Å². The molecule has 1 aromatic carbocycles. The number of amides is 4. The zero-order valence-electron chi connectivity index (χ0n) is 29.9. The van der Waals surface area contributed by atoms with Gasteiger partial charge in [0.2, 0.25) is 23.6 Å². The predicted molar refractivity (Wildman–Crippen MR) is 184 cm³/mol. The summed E-state index contributed by atoms with van der Waals surface area (Å²) in [6.45, 7) is 19.3. The van der Waals surface area contributed by atoms with Crippen LogP contribution in [0.15, 0.2) is 42.0 Å². The summed E-state index contributed by atoms with van der Waals surface area (Å²) < 4.78 is 0. The van der Waals surface area contributed by atoms with Crippen molar-refractivity contribution in [2.45, 2.75) is 131 Å². The van der Waals surface area contributed by atoms with Gasteiger partial charge in [-0.05, 0) is 76.8 Å². The van der Waals surface area contributed by atoms with Crippen molar-refractivity contribution >= 4 is 23.6 Å². The number of hydrogen-bond donors (Lipinski definition) is 2. The van der Waals surface area contributed by atoms with Gasteiger partial charge in [-0.3, -0.25) is 24.1 Å². The maximum atomic E-state index is 14.2. The van der Waals surface area contributed by atoms with Crippen LogP contribution in [0.3, 0.4) is 0 Å². The third-order valence-electron chi connectivity index (χ3n) is 9.62. The summed E-state index contributed by atoms with van der Waals surface area (Å²) in [7, 11) is 1.75. The molecule has 46 heavy (non-hydrogen) atoms. The van der Waals surface area contributed by atoms with Crippen LogP contribution in [0.5, 0.6) is 0 Å². The Balaban J connectivity index is 1.76. The minimum atomic E-state index is -0.732. The van der Waals surface area contributed by atoms with Crippen LogP contribution in [-0.4, -0.2) is 88.7 Å². The van der Waals surface area contributed by atoms with E-state index >= 15 is 0 Å². The zero-order valence-corrected chi connectivity index (χ0v) is 29.9. The van der Waals surface area contributed by atoms with Gasteiger partial charge in [-0.1, -0.05) is 77.4 Å². The molecular formula is C37H59N5O4. The molecule has 2 aliphatic rings. The van der Waals surface area contributed by atoms with E-state index in [0.29, 0.717) is 18.5 Å². The Labute approximate surface area is 277 Å². The van der Waals surface area contributed by atoms with Crippen LogP contribution >= 0.6 is 0 Å². The monoisotopic (exact) mass is 637 g/mol. The molecule has 0 aromatic heterocycles. The van der Waals surface area contributed by atoms with Crippen LogP contribution in [0.2, 0.25) is 0 Å². The Hall–Kier alpha value is -3.20. The van der Waals surface area contributed by atoms with E-state index in [1.807, 2.05) is 78.0 Å². The molecule has 2 saturated heterocycles. The SMILES string of the molecule is C/C(=C\[C@H](C(C)C)N(C)C(=O)[C@@H](NC(=O)[C@H]1CCCCN1C(C)C)C(C)(C)C)C(=O)N1CCC[C@H]1C(=O)N[C@@H](C)c1ccccc1. The number of rotatable bonds is 11. The van der Waals surface area contributed by atoms with Gasteiger partial charge < -0.3 is 20.4 Å². The predicted octanol–water partition coefficient (Wildman–Crippen LogP) is 5.08. The van der Waals surface area contributed by atoms with Gasteiger partial charge in [-0.25, -0.2) is 0 Å². The molecule has 2 N–H and O–H groups in total. The summed E-state index contributed by atoms with van der Waals surface area (Å²) in [5.41, 5.74) is 0.984. The van der Waals surface area contributed by atoms with Crippen LogP contribution in [0.1, 0.15) is 106 Å². The van der Waals surface area contributed by atoms with Gasteiger partial charge in [0.15, 0.2) is 0 Å². The minimum Gasteiger partial charge on any atom is -0.348 e. The normalized spacial score (nSPS) is 21.6. The van der Waals surface area contributed by atoms with Gasteiger partial charge in [0.05, 0.1) is 18.1 Å². The highest BCUT2D eigenvalue weighted by molar-refractivity contribution is 5.97. The molecule has 0 bridgehead atoms. The van der Waals surface area contributed by atoms with E-state index in [1.165, 1.54) is 0 Å². The number of likely N-dealkylation sites (N-methyl/N-ethyl adjacent to an activating group) is 1. The van der Waals surface area contributed by atoms with Crippen molar-refractivity contribution in [2.75, 3.05) is 20.1 Å². The van der Waals surface area contributed by atoms with E-state index in [9.17, 15) is 19.2 Å². The third kappa shape index (κ3) is 9.20. The highest BCUT2D eigenvalue weighted by atomic mass is 16.2. The summed E-state index contributed by atoms with van der Waals surface area (Å²) >= 11 is 0. The summed E-state index contributed by atoms with van der Waals surface area (Å²) in [6.07, 6.45) is 6.07. The second-order valence-corrected chi connectivity index (χ2v) is 15.0. The molecule has 9 nitrogen and oxygen atoms in total. The molecule has 2 aliphatic heterocycles. The molecule has 0 spiro atoms. The Morgan fingerprint density at radius 1 is 0.870 bits per heavy atom. The lowest BCUT2D eigenvalue weighted by molar-refractivity contribution is -0.142. The Kier molecular flexibility index (Phi) is 13.0. The number of hydrogen-bond acceptors (Lipinski definition) is 5. The van der Waals surface area contributed by atoms with Crippen molar-refractivity contribution < 1.29 is 19.2 Å². The van der Waals surface area contributed by atoms with Crippen molar-refractivity contribution in [3.05, 3.63) is 47.5 Å². The van der Waals surface area contributed by atoms with Crippen molar-refractivity contribution in [2.24, 2.45) is 11.3 Å². The van der Waals surface area contributed by atoms with Crippen molar-refractivity contribution in [3.63, 3.8) is 0 Å². The maximum Gasteiger partial charge on any atom is 0.249 e. The largest absolute Gasteiger partial charge is 0.348 e. The number of likely N-dealkylation sites (tertiary alicyclic amines) is 2. The first-order valence-corrected chi connectivity index (χ1v) is 17.2. The molecule has 0 saturated carbocycles. The lowest BCUT2D eigenvalue weighted by atomic mass is 9.84. The Morgan fingerprint density at radius 3 is 2.07 bits per heavy atom. The van der Waals surface area contributed by atoms with Crippen LogP contribution < -0.4 is 10.6 Å². The first kappa shape index (κ1) is 37.3. The van der Waals surface area contributed by atoms with E-state index in [0.717, 1.165) is 37.8 Å². The Morgan fingerprint density at radius 2 is 1.48 bits per heavy atom. The zero-order chi connectivity index (χ0) is 34.3. The molecule has 4 amide bonds. The van der Waals surface area contributed by atoms with Crippen molar-refractivity contribution in [1.82, 2.24) is 25.3 Å². The molecule has 9 heteroatoms. The maximum absolute atomic E-state index is 14.2. The highest BCUT2D eigenvalue weighted by Crippen LogP contribution is 2.27. The average Bonchev–Trinajstić information content (AvgIpc) is 3.51. The first-order valence-electron chi connectivity index (χ1n) is 17.2. The van der Waals surface area contributed by atoms with Crippen LogP contribution in [0.4, 0.5) is 0 Å². The quantitative estimate of drug-likeness (QED) is 0.330. The Bertz CT molecular complexity index is 1240. The third-order valence-corrected chi connectivity index (χ3v) is 9.62. The molecule has 2 heterocycles. The highest BCUT2D eigenvalue weighted by Gasteiger charge is 2.40. The summed E-state index contributed by atoms with van der Waals surface area (Å²) in [6, 6.07) is 7.95. The summed E-state index contributed by atoms with van der Waals surface area (Å²) in [5.74, 6) is -0.620. The summed E-state index contributed by atoms with van der Waals surface area (Å²) in [5, 5.41) is 6.23.